The monoisotopic (exact) mass is 315 g/mol. The molecule has 124 valence electrons. The number of hydrogen-bond acceptors (Lipinski definition) is 3. The van der Waals surface area contributed by atoms with E-state index in [4.69, 9.17) is 22.3 Å². The topological polar surface area (TPSA) is 119 Å². The quantitative estimate of drug-likeness (QED) is 0.431. The maximum Gasteiger partial charge on any atom is 0.196 e. The molecule has 7 nitrogen and oxygen atoms in total. The van der Waals surface area contributed by atoms with E-state index in [2.05, 4.69) is 14.8 Å². The molecule has 0 atom stereocenters. The van der Waals surface area contributed by atoms with E-state index in [0.717, 1.165) is 44.1 Å². The fraction of sp³-hybridized carbons (Fsp3) is 0.438. The first-order chi connectivity index (χ1) is 11.0. The number of nitrogens with zero attached hydrogens (tertiary/aromatic N) is 3. The van der Waals surface area contributed by atoms with Gasteiger partial charge in [-0.05, 0) is 12.0 Å². The number of benzene rings is 1. The molecule has 1 aromatic rings. The number of nitrogens with two attached hydrogens (primary N) is 2. The van der Waals surface area contributed by atoms with Gasteiger partial charge in [-0.15, -0.1) is 0 Å². The Morgan fingerprint density at radius 3 is 2.22 bits per heavy atom. The summed E-state index contributed by atoms with van der Waals surface area (Å²) in [6.45, 7) is 3.49. The first kappa shape index (κ1) is 16.8. The van der Waals surface area contributed by atoms with E-state index in [-0.39, 0.29) is 11.7 Å². The van der Waals surface area contributed by atoms with Crippen molar-refractivity contribution in [2.45, 2.75) is 12.8 Å². The number of aliphatic imine (C=N–C) groups is 1. The van der Waals surface area contributed by atoms with Crippen molar-refractivity contribution in [3.8, 4) is 0 Å². The average Bonchev–Trinajstić information content (AvgIpc) is 2.93. The van der Waals surface area contributed by atoms with Crippen LogP contribution in [0, 0.1) is 10.8 Å². The van der Waals surface area contributed by atoms with Crippen molar-refractivity contribution in [2.24, 2.45) is 16.5 Å². The average molecular weight is 315 g/mol. The molecule has 1 aromatic carbocycles. The molecule has 0 spiro atoms. The van der Waals surface area contributed by atoms with E-state index in [1.54, 1.807) is 7.05 Å². The molecule has 0 amide bonds. The molecule has 0 aliphatic carbocycles. The predicted molar refractivity (Wildman–Crippen MR) is 94.2 cm³/mol. The summed E-state index contributed by atoms with van der Waals surface area (Å²) in [6.07, 6.45) is 1.48. The summed E-state index contributed by atoms with van der Waals surface area (Å²) in [5, 5.41) is 14.8. The lowest BCUT2D eigenvalue weighted by Crippen LogP contribution is -2.36. The van der Waals surface area contributed by atoms with Gasteiger partial charge in [0.2, 0.25) is 0 Å². The van der Waals surface area contributed by atoms with Crippen molar-refractivity contribution in [3.05, 3.63) is 35.4 Å². The second-order valence-electron chi connectivity index (χ2n) is 5.63. The number of hydrogen-bond donors (Lipinski definition) is 4. The van der Waals surface area contributed by atoms with E-state index in [9.17, 15) is 0 Å². The summed E-state index contributed by atoms with van der Waals surface area (Å²) in [7, 11) is 1.80. The van der Waals surface area contributed by atoms with Crippen LogP contribution in [0.1, 0.15) is 17.5 Å². The van der Waals surface area contributed by atoms with Gasteiger partial charge in [0, 0.05) is 45.2 Å². The molecule has 1 aliphatic heterocycles. The standard InChI is InChI=1S/C16H25N7/c1-21-16-22(10-11-23(16)9-7-14(17)18)8-6-12-2-4-13(5-3-12)15(19)20/h2-5H,6-11H2,1H3,(H3,17,18)(H3,19,20). The van der Waals surface area contributed by atoms with E-state index >= 15 is 0 Å². The Labute approximate surface area is 137 Å². The molecule has 1 aliphatic rings. The highest BCUT2D eigenvalue weighted by Gasteiger charge is 2.25. The van der Waals surface area contributed by atoms with Crippen molar-refractivity contribution < 1.29 is 0 Å². The maximum atomic E-state index is 7.41. The number of nitrogens with one attached hydrogen (secondary N) is 2. The highest BCUT2D eigenvalue weighted by atomic mass is 15.4. The van der Waals surface area contributed by atoms with Crippen LogP contribution in [0.2, 0.25) is 0 Å². The molecule has 0 aromatic heterocycles. The summed E-state index contributed by atoms with van der Waals surface area (Å²) in [6, 6.07) is 7.80. The zero-order valence-corrected chi connectivity index (χ0v) is 13.5. The first-order valence-electron chi connectivity index (χ1n) is 7.74. The van der Waals surface area contributed by atoms with E-state index < -0.39 is 0 Å². The van der Waals surface area contributed by atoms with Crippen LogP contribution in [0.3, 0.4) is 0 Å². The molecule has 7 heteroatoms. The molecule has 2 rings (SSSR count). The molecule has 6 N–H and O–H groups in total. The minimum atomic E-state index is 0.0950. The van der Waals surface area contributed by atoms with Crippen LogP contribution >= 0.6 is 0 Å². The van der Waals surface area contributed by atoms with Gasteiger partial charge in [-0.2, -0.15) is 0 Å². The molecule has 0 radical (unpaired) electrons. The van der Waals surface area contributed by atoms with E-state index in [1.807, 2.05) is 24.3 Å². The fourth-order valence-corrected chi connectivity index (χ4v) is 2.72. The third kappa shape index (κ3) is 4.45. The zero-order chi connectivity index (χ0) is 16.8. The summed E-state index contributed by atoms with van der Waals surface area (Å²) < 4.78 is 0. The van der Waals surface area contributed by atoms with Crippen molar-refractivity contribution in [3.63, 3.8) is 0 Å². The van der Waals surface area contributed by atoms with Crippen LogP contribution in [-0.4, -0.2) is 60.7 Å². The van der Waals surface area contributed by atoms with Crippen molar-refractivity contribution in [1.82, 2.24) is 9.80 Å². The lowest BCUT2D eigenvalue weighted by molar-refractivity contribution is 0.465. The molecule has 0 bridgehead atoms. The van der Waals surface area contributed by atoms with Gasteiger partial charge in [0.05, 0.1) is 5.84 Å². The van der Waals surface area contributed by atoms with E-state index in [1.165, 1.54) is 5.56 Å². The van der Waals surface area contributed by atoms with Gasteiger partial charge >= 0.3 is 0 Å². The summed E-state index contributed by atoms with van der Waals surface area (Å²) in [4.78, 5) is 8.83. The summed E-state index contributed by atoms with van der Waals surface area (Å²) >= 11 is 0. The minimum absolute atomic E-state index is 0.0950. The normalized spacial score (nSPS) is 16.1. The van der Waals surface area contributed by atoms with Gasteiger partial charge < -0.3 is 21.3 Å². The molecule has 0 unspecified atom stereocenters. The SMILES string of the molecule is CN=C1N(CCC(=N)N)CCN1CCc1ccc(C(=N)N)cc1. The van der Waals surface area contributed by atoms with Crippen molar-refractivity contribution in [2.75, 3.05) is 33.2 Å². The van der Waals surface area contributed by atoms with Crippen LogP contribution in [0.5, 0.6) is 0 Å². The van der Waals surface area contributed by atoms with Gasteiger partial charge in [0.25, 0.3) is 0 Å². The number of rotatable bonds is 7. The number of amidine groups is 2. The van der Waals surface area contributed by atoms with Crippen molar-refractivity contribution in [1.29, 1.82) is 10.8 Å². The highest BCUT2D eigenvalue weighted by Crippen LogP contribution is 2.12. The first-order valence-corrected chi connectivity index (χ1v) is 7.74. The van der Waals surface area contributed by atoms with Crippen LogP contribution in [-0.2, 0) is 6.42 Å². The van der Waals surface area contributed by atoms with Crippen LogP contribution < -0.4 is 11.5 Å². The van der Waals surface area contributed by atoms with Gasteiger partial charge in [-0.3, -0.25) is 15.8 Å². The molecule has 1 fully saturated rings. The third-order valence-electron chi connectivity index (χ3n) is 3.99. The van der Waals surface area contributed by atoms with Gasteiger partial charge in [-0.1, -0.05) is 24.3 Å². The lowest BCUT2D eigenvalue weighted by atomic mass is 10.1. The highest BCUT2D eigenvalue weighted by molar-refractivity contribution is 5.94. The third-order valence-corrected chi connectivity index (χ3v) is 3.99. The van der Waals surface area contributed by atoms with E-state index in [0.29, 0.717) is 6.42 Å². The second-order valence-corrected chi connectivity index (χ2v) is 5.63. The molecule has 1 saturated heterocycles. The van der Waals surface area contributed by atoms with Crippen molar-refractivity contribution >= 4 is 17.6 Å². The largest absolute Gasteiger partial charge is 0.388 e. The zero-order valence-electron chi connectivity index (χ0n) is 13.5. The molecule has 23 heavy (non-hydrogen) atoms. The molecular weight excluding hydrogens is 290 g/mol. The molecule has 1 heterocycles. The van der Waals surface area contributed by atoms with Gasteiger partial charge in [0.1, 0.15) is 5.84 Å². The summed E-state index contributed by atoms with van der Waals surface area (Å²) in [5.41, 5.74) is 12.9. The molecule has 0 saturated carbocycles. The fourth-order valence-electron chi connectivity index (χ4n) is 2.72. The van der Waals surface area contributed by atoms with Crippen LogP contribution in [0.25, 0.3) is 0 Å². The summed E-state index contributed by atoms with van der Waals surface area (Å²) in [5.74, 6) is 1.29. The molecular formula is C16H25N7. The van der Waals surface area contributed by atoms with Crippen LogP contribution in [0.15, 0.2) is 29.3 Å². The second kappa shape index (κ2) is 7.62. The van der Waals surface area contributed by atoms with Gasteiger partial charge in [-0.25, -0.2) is 0 Å². The number of nitrogen functional groups attached to an aromatic ring is 1. The number of guanidine groups is 1. The maximum absolute atomic E-state index is 7.41. The Hall–Kier alpha value is -2.57. The van der Waals surface area contributed by atoms with Crippen LogP contribution in [0.4, 0.5) is 0 Å². The Morgan fingerprint density at radius 2 is 1.70 bits per heavy atom. The lowest BCUT2D eigenvalue weighted by Gasteiger charge is -2.22. The Balaban J connectivity index is 1.90. The predicted octanol–water partition coefficient (Wildman–Crippen LogP) is 0.443. The Kier molecular flexibility index (Phi) is 5.56. The Bertz CT molecular complexity index is 591. The smallest absolute Gasteiger partial charge is 0.196 e. The minimum Gasteiger partial charge on any atom is -0.388 e. The van der Waals surface area contributed by atoms with Gasteiger partial charge in [0.15, 0.2) is 5.96 Å². The Morgan fingerprint density at radius 1 is 1.09 bits per heavy atom.